The Morgan fingerprint density at radius 2 is 1.96 bits per heavy atom. The monoisotopic (exact) mass is 390 g/mol. The van der Waals surface area contributed by atoms with Gasteiger partial charge in [0.2, 0.25) is 0 Å². The molecule has 28 heavy (non-hydrogen) atoms. The number of likely N-dealkylation sites (tertiary alicyclic amines) is 2. The number of hydrogen-bond acceptors (Lipinski definition) is 4. The predicted molar refractivity (Wildman–Crippen MR) is 105 cm³/mol. The molecule has 1 aromatic carbocycles. The highest BCUT2D eigenvalue weighted by Crippen LogP contribution is 2.42. The summed E-state index contributed by atoms with van der Waals surface area (Å²) in [5.41, 5.74) is 1.17. The van der Waals surface area contributed by atoms with Crippen molar-refractivity contribution in [3.8, 4) is 0 Å². The van der Waals surface area contributed by atoms with Crippen LogP contribution in [0.15, 0.2) is 18.2 Å². The Morgan fingerprint density at radius 3 is 2.64 bits per heavy atom. The molecular formula is C22H31FN2O3. The van der Waals surface area contributed by atoms with Gasteiger partial charge in [0.05, 0.1) is 18.8 Å². The molecule has 1 N–H and O–H groups in total. The third-order valence-corrected chi connectivity index (χ3v) is 6.83. The molecule has 154 valence electrons. The molecule has 0 radical (unpaired) electrons. The van der Waals surface area contributed by atoms with Gasteiger partial charge in [0.1, 0.15) is 5.82 Å². The molecule has 1 spiro atoms. The minimum atomic E-state index is -0.323. The van der Waals surface area contributed by atoms with Gasteiger partial charge in [-0.2, -0.15) is 0 Å². The highest BCUT2D eigenvalue weighted by atomic mass is 19.1. The zero-order valence-corrected chi connectivity index (χ0v) is 16.7. The molecule has 0 aromatic heterocycles. The summed E-state index contributed by atoms with van der Waals surface area (Å²) in [6.45, 7) is 6.74. The van der Waals surface area contributed by atoms with E-state index in [0.29, 0.717) is 24.2 Å². The van der Waals surface area contributed by atoms with Gasteiger partial charge in [-0.3, -0.25) is 4.79 Å². The normalized spacial score (nSPS) is 26.1. The quantitative estimate of drug-likeness (QED) is 0.862. The van der Waals surface area contributed by atoms with E-state index in [4.69, 9.17) is 4.74 Å². The number of carbonyl (C=O) groups excluding carboxylic acids is 1. The third kappa shape index (κ3) is 4.24. The minimum Gasteiger partial charge on any atom is -0.393 e. The van der Waals surface area contributed by atoms with Crippen molar-refractivity contribution in [3.63, 3.8) is 0 Å². The smallest absolute Gasteiger partial charge is 0.253 e. The number of aliphatic hydroxyl groups excluding tert-OH is 1. The fourth-order valence-corrected chi connectivity index (χ4v) is 4.84. The van der Waals surface area contributed by atoms with Gasteiger partial charge < -0.3 is 19.6 Å². The van der Waals surface area contributed by atoms with Crippen LogP contribution in [-0.4, -0.2) is 72.4 Å². The third-order valence-electron chi connectivity index (χ3n) is 6.83. The van der Waals surface area contributed by atoms with E-state index < -0.39 is 0 Å². The van der Waals surface area contributed by atoms with Crippen LogP contribution in [0.25, 0.3) is 0 Å². The number of ether oxygens (including phenoxy) is 1. The van der Waals surface area contributed by atoms with Crippen LogP contribution in [-0.2, 0) is 4.74 Å². The first-order valence-electron chi connectivity index (χ1n) is 10.5. The number of aliphatic hydroxyl groups is 1. The van der Waals surface area contributed by atoms with E-state index >= 15 is 0 Å². The number of aryl methyl sites for hydroxylation is 1. The first-order valence-corrected chi connectivity index (χ1v) is 10.5. The zero-order valence-electron chi connectivity index (χ0n) is 16.7. The Labute approximate surface area is 166 Å². The lowest BCUT2D eigenvalue weighted by atomic mass is 9.76. The summed E-state index contributed by atoms with van der Waals surface area (Å²) in [5.74, 6) is -0.396. The van der Waals surface area contributed by atoms with E-state index in [1.54, 1.807) is 19.1 Å². The van der Waals surface area contributed by atoms with Crippen molar-refractivity contribution in [2.24, 2.45) is 5.41 Å². The summed E-state index contributed by atoms with van der Waals surface area (Å²) in [4.78, 5) is 17.0. The first kappa shape index (κ1) is 19.8. The standard InChI is InChI=1S/C22H31FN2O3/c1-16-2-3-17(12-20(16)23)21(27)25-10-6-22(7-11-25)13-19(28-15-22)14-24-8-4-18(26)5-9-24/h2-3,12,18-19,26H,4-11,13-15H2,1H3/t19-/m1/s1. The van der Waals surface area contributed by atoms with Crippen molar-refractivity contribution < 1.29 is 19.0 Å². The van der Waals surface area contributed by atoms with Crippen molar-refractivity contribution in [1.82, 2.24) is 9.80 Å². The second-order valence-corrected chi connectivity index (χ2v) is 8.93. The Morgan fingerprint density at radius 1 is 1.25 bits per heavy atom. The van der Waals surface area contributed by atoms with Crippen LogP contribution in [0.5, 0.6) is 0 Å². The van der Waals surface area contributed by atoms with Crippen molar-refractivity contribution in [3.05, 3.63) is 35.1 Å². The fraction of sp³-hybridized carbons (Fsp3) is 0.682. The molecule has 0 aliphatic carbocycles. The lowest BCUT2D eigenvalue weighted by Gasteiger charge is -2.38. The molecule has 0 unspecified atom stereocenters. The molecule has 1 aromatic rings. The van der Waals surface area contributed by atoms with Crippen LogP contribution in [0.2, 0.25) is 0 Å². The van der Waals surface area contributed by atoms with E-state index in [2.05, 4.69) is 4.90 Å². The van der Waals surface area contributed by atoms with E-state index in [1.165, 1.54) is 6.07 Å². The van der Waals surface area contributed by atoms with Gasteiger partial charge in [-0.25, -0.2) is 4.39 Å². The number of nitrogens with zero attached hydrogens (tertiary/aromatic N) is 2. The summed E-state index contributed by atoms with van der Waals surface area (Å²) < 4.78 is 19.9. The van der Waals surface area contributed by atoms with Crippen LogP contribution in [0.1, 0.15) is 48.0 Å². The Bertz CT molecular complexity index is 710. The summed E-state index contributed by atoms with van der Waals surface area (Å²) in [5, 5.41) is 9.66. The SMILES string of the molecule is Cc1ccc(C(=O)N2CCC3(CC2)CO[C@@H](CN2CCC(O)CC2)C3)cc1F. The number of hydrogen-bond donors (Lipinski definition) is 1. The second kappa shape index (κ2) is 8.09. The van der Waals surface area contributed by atoms with Gasteiger partial charge in [-0.15, -0.1) is 0 Å². The average molecular weight is 390 g/mol. The van der Waals surface area contributed by atoms with Crippen molar-refractivity contribution in [2.75, 3.05) is 39.3 Å². The molecule has 0 bridgehead atoms. The maximum Gasteiger partial charge on any atom is 0.253 e. The van der Waals surface area contributed by atoms with Gasteiger partial charge in [-0.1, -0.05) is 6.07 Å². The van der Waals surface area contributed by atoms with Gasteiger partial charge >= 0.3 is 0 Å². The molecule has 3 fully saturated rings. The Kier molecular flexibility index (Phi) is 5.72. The van der Waals surface area contributed by atoms with E-state index in [-0.39, 0.29) is 29.3 Å². The largest absolute Gasteiger partial charge is 0.393 e. The van der Waals surface area contributed by atoms with Crippen molar-refractivity contribution in [1.29, 1.82) is 0 Å². The van der Waals surface area contributed by atoms with Crippen molar-refractivity contribution in [2.45, 2.75) is 51.2 Å². The Hall–Kier alpha value is -1.50. The van der Waals surface area contributed by atoms with Gasteiger partial charge in [0.25, 0.3) is 5.91 Å². The lowest BCUT2D eigenvalue weighted by molar-refractivity contribution is 0.0302. The van der Waals surface area contributed by atoms with Gasteiger partial charge in [0.15, 0.2) is 0 Å². The highest BCUT2D eigenvalue weighted by Gasteiger charge is 2.43. The molecular weight excluding hydrogens is 359 g/mol. The maximum absolute atomic E-state index is 13.8. The molecule has 6 heteroatoms. The molecule has 5 nitrogen and oxygen atoms in total. The zero-order chi connectivity index (χ0) is 19.7. The Balaban J connectivity index is 1.29. The summed E-state index contributed by atoms with van der Waals surface area (Å²) in [6.07, 6.45) is 4.76. The van der Waals surface area contributed by atoms with Crippen LogP contribution in [0.3, 0.4) is 0 Å². The van der Waals surface area contributed by atoms with E-state index in [1.807, 2.05) is 4.90 Å². The first-order chi connectivity index (χ1) is 13.4. The molecule has 3 aliphatic heterocycles. The number of amides is 1. The molecule has 1 atom stereocenters. The fourth-order valence-electron chi connectivity index (χ4n) is 4.84. The summed E-state index contributed by atoms with van der Waals surface area (Å²) in [7, 11) is 0. The number of rotatable bonds is 3. The average Bonchev–Trinajstić information content (AvgIpc) is 3.08. The van der Waals surface area contributed by atoms with Gasteiger partial charge in [0, 0.05) is 38.3 Å². The van der Waals surface area contributed by atoms with Crippen LogP contribution in [0, 0.1) is 18.2 Å². The maximum atomic E-state index is 13.8. The molecule has 4 rings (SSSR count). The van der Waals surface area contributed by atoms with E-state index in [9.17, 15) is 14.3 Å². The highest BCUT2D eigenvalue weighted by molar-refractivity contribution is 5.94. The topological polar surface area (TPSA) is 53.0 Å². The molecule has 3 heterocycles. The van der Waals surface area contributed by atoms with Crippen molar-refractivity contribution >= 4 is 5.91 Å². The molecule has 3 saturated heterocycles. The van der Waals surface area contributed by atoms with E-state index in [0.717, 1.165) is 58.3 Å². The molecule has 1 amide bonds. The van der Waals surface area contributed by atoms with Crippen LogP contribution in [0.4, 0.5) is 4.39 Å². The summed E-state index contributed by atoms with van der Waals surface area (Å²) in [6, 6.07) is 4.74. The minimum absolute atomic E-state index is 0.0731. The second-order valence-electron chi connectivity index (χ2n) is 8.93. The van der Waals surface area contributed by atoms with Crippen LogP contribution < -0.4 is 0 Å². The molecule has 0 saturated carbocycles. The number of piperidine rings is 2. The summed E-state index contributed by atoms with van der Waals surface area (Å²) >= 11 is 0. The van der Waals surface area contributed by atoms with Crippen LogP contribution >= 0.6 is 0 Å². The molecule has 3 aliphatic rings. The number of benzene rings is 1. The number of halogens is 1. The van der Waals surface area contributed by atoms with Gasteiger partial charge in [-0.05, 0) is 62.1 Å². The predicted octanol–water partition coefficient (Wildman–Crippen LogP) is 2.60. The number of carbonyl (C=O) groups is 1. The lowest BCUT2D eigenvalue weighted by Crippen LogP contribution is -2.44.